The number of carbonyl (C=O) groups excluding carboxylic acids is 1. The standard InChI is InChI=1S/C18H16N6O/c1-11-7-12(2)24-18(20-11)22-16(23-24)9-17(25)21-14-8-13-5-3-4-6-15(13)19-10-14/h3-8,10H,9H2,1-2H3,(H,21,25). The Balaban J connectivity index is 1.54. The van der Waals surface area contributed by atoms with Gasteiger partial charge in [0.05, 0.1) is 23.8 Å². The van der Waals surface area contributed by atoms with Crippen molar-refractivity contribution in [1.82, 2.24) is 24.6 Å². The van der Waals surface area contributed by atoms with E-state index >= 15 is 0 Å². The lowest BCUT2D eigenvalue weighted by Gasteiger charge is -2.04. The lowest BCUT2D eigenvalue weighted by Crippen LogP contribution is -2.15. The maximum absolute atomic E-state index is 12.3. The SMILES string of the molecule is Cc1cc(C)n2nc(CC(=O)Nc3cnc4ccccc4c3)nc2n1. The van der Waals surface area contributed by atoms with Crippen LogP contribution in [0, 0.1) is 13.8 Å². The molecule has 0 saturated heterocycles. The molecule has 0 bridgehead atoms. The van der Waals surface area contributed by atoms with Crippen LogP contribution in [0.5, 0.6) is 0 Å². The van der Waals surface area contributed by atoms with Gasteiger partial charge in [0.1, 0.15) is 0 Å². The van der Waals surface area contributed by atoms with E-state index in [-0.39, 0.29) is 12.3 Å². The number of carbonyl (C=O) groups is 1. The van der Waals surface area contributed by atoms with Crippen molar-refractivity contribution in [1.29, 1.82) is 0 Å². The maximum atomic E-state index is 12.3. The second-order valence-electron chi connectivity index (χ2n) is 5.92. The minimum absolute atomic E-state index is 0.0781. The first-order valence-corrected chi connectivity index (χ1v) is 7.93. The van der Waals surface area contributed by atoms with Crippen molar-refractivity contribution in [3.8, 4) is 0 Å². The van der Waals surface area contributed by atoms with E-state index < -0.39 is 0 Å². The van der Waals surface area contributed by atoms with Crippen molar-refractivity contribution in [2.75, 3.05) is 5.32 Å². The Morgan fingerprint density at radius 1 is 1.16 bits per heavy atom. The molecule has 0 spiro atoms. The number of nitrogens with one attached hydrogen (secondary N) is 1. The first-order chi connectivity index (χ1) is 12.1. The van der Waals surface area contributed by atoms with Gasteiger partial charge >= 0.3 is 0 Å². The van der Waals surface area contributed by atoms with E-state index in [4.69, 9.17) is 0 Å². The van der Waals surface area contributed by atoms with E-state index in [0.29, 0.717) is 17.3 Å². The Morgan fingerprint density at radius 3 is 2.88 bits per heavy atom. The highest BCUT2D eigenvalue weighted by Gasteiger charge is 2.12. The van der Waals surface area contributed by atoms with Crippen LogP contribution < -0.4 is 5.32 Å². The van der Waals surface area contributed by atoms with Gasteiger partial charge in [-0.15, -0.1) is 5.10 Å². The van der Waals surface area contributed by atoms with Crippen molar-refractivity contribution < 1.29 is 4.79 Å². The number of nitrogens with zero attached hydrogens (tertiary/aromatic N) is 5. The van der Waals surface area contributed by atoms with Crippen molar-refractivity contribution >= 4 is 28.3 Å². The third-order valence-electron chi connectivity index (χ3n) is 3.86. The minimum Gasteiger partial charge on any atom is -0.324 e. The van der Waals surface area contributed by atoms with E-state index in [1.165, 1.54) is 0 Å². The van der Waals surface area contributed by atoms with Crippen LogP contribution in [0.3, 0.4) is 0 Å². The molecule has 3 heterocycles. The molecule has 7 heteroatoms. The lowest BCUT2D eigenvalue weighted by atomic mass is 10.2. The summed E-state index contributed by atoms with van der Waals surface area (Å²) in [5.41, 5.74) is 3.34. The normalized spacial score (nSPS) is 11.1. The summed E-state index contributed by atoms with van der Waals surface area (Å²) in [7, 11) is 0. The number of hydrogen-bond acceptors (Lipinski definition) is 5. The second-order valence-corrected chi connectivity index (χ2v) is 5.92. The number of amides is 1. The predicted octanol–water partition coefficient (Wildman–Crippen LogP) is 2.47. The van der Waals surface area contributed by atoms with Gasteiger partial charge in [-0.1, -0.05) is 18.2 Å². The zero-order valence-corrected chi connectivity index (χ0v) is 13.9. The zero-order valence-electron chi connectivity index (χ0n) is 13.9. The van der Waals surface area contributed by atoms with E-state index in [9.17, 15) is 4.79 Å². The molecule has 7 nitrogen and oxygen atoms in total. The van der Waals surface area contributed by atoms with Crippen molar-refractivity contribution in [3.63, 3.8) is 0 Å². The molecule has 0 radical (unpaired) electrons. The highest BCUT2D eigenvalue weighted by atomic mass is 16.1. The fourth-order valence-corrected chi connectivity index (χ4v) is 2.77. The minimum atomic E-state index is -0.192. The summed E-state index contributed by atoms with van der Waals surface area (Å²) in [4.78, 5) is 25.3. The number of hydrogen-bond donors (Lipinski definition) is 1. The molecule has 124 valence electrons. The summed E-state index contributed by atoms with van der Waals surface area (Å²) < 4.78 is 1.65. The summed E-state index contributed by atoms with van der Waals surface area (Å²) in [6.07, 6.45) is 1.72. The lowest BCUT2D eigenvalue weighted by molar-refractivity contribution is -0.115. The largest absolute Gasteiger partial charge is 0.324 e. The Hall–Kier alpha value is -3.35. The Bertz CT molecular complexity index is 1100. The molecule has 1 amide bonds. The number of aryl methyl sites for hydroxylation is 2. The number of benzene rings is 1. The second kappa shape index (κ2) is 5.94. The van der Waals surface area contributed by atoms with Gasteiger partial charge in [0.15, 0.2) is 5.82 Å². The number of pyridine rings is 1. The fourth-order valence-electron chi connectivity index (χ4n) is 2.77. The van der Waals surface area contributed by atoms with Crippen LogP contribution in [0.1, 0.15) is 17.2 Å². The molecule has 4 aromatic rings. The molecule has 0 atom stereocenters. The number of anilines is 1. The smallest absolute Gasteiger partial charge is 0.252 e. The zero-order chi connectivity index (χ0) is 17.4. The van der Waals surface area contributed by atoms with Crippen LogP contribution in [-0.4, -0.2) is 30.5 Å². The molecule has 0 unspecified atom stereocenters. The molecule has 3 aromatic heterocycles. The van der Waals surface area contributed by atoms with Crippen LogP contribution in [0.25, 0.3) is 16.7 Å². The molecule has 25 heavy (non-hydrogen) atoms. The molecule has 1 N–H and O–H groups in total. The van der Waals surface area contributed by atoms with Gasteiger partial charge in [0, 0.05) is 16.8 Å². The van der Waals surface area contributed by atoms with Gasteiger partial charge in [-0.3, -0.25) is 9.78 Å². The van der Waals surface area contributed by atoms with Gasteiger partial charge < -0.3 is 5.32 Å². The topological polar surface area (TPSA) is 85.1 Å². The monoisotopic (exact) mass is 332 g/mol. The van der Waals surface area contributed by atoms with Gasteiger partial charge in [0.25, 0.3) is 5.78 Å². The van der Waals surface area contributed by atoms with E-state index in [2.05, 4.69) is 25.4 Å². The van der Waals surface area contributed by atoms with Gasteiger partial charge in [0.2, 0.25) is 5.91 Å². The average molecular weight is 332 g/mol. The summed E-state index contributed by atoms with van der Waals surface area (Å²) in [6.45, 7) is 3.84. The maximum Gasteiger partial charge on any atom is 0.252 e. The molecule has 0 aliphatic rings. The summed E-state index contributed by atoms with van der Waals surface area (Å²) in [6, 6.07) is 11.6. The predicted molar refractivity (Wildman–Crippen MR) is 94.3 cm³/mol. The molecule has 0 fully saturated rings. The highest BCUT2D eigenvalue weighted by Crippen LogP contribution is 2.16. The van der Waals surface area contributed by atoms with E-state index in [1.54, 1.807) is 10.7 Å². The number of aromatic nitrogens is 5. The molecular formula is C18H16N6O. The van der Waals surface area contributed by atoms with Gasteiger partial charge in [-0.2, -0.15) is 4.98 Å². The van der Waals surface area contributed by atoms with Gasteiger partial charge in [-0.25, -0.2) is 9.50 Å². The third kappa shape index (κ3) is 3.03. The molecular weight excluding hydrogens is 316 g/mol. The third-order valence-corrected chi connectivity index (χ3v) is 3.86. The van der Waals surface area contributed by atoms with E-state index in [0.717, 1.165) is 22.3 Å². The molecule has 0 aliphatic carbocycles. The quantitative estimate of drug-likeness (QED) is 0.623. The number of para-hydroxylation sites is 1. The number of rotatable bonds is 3. The summed E-state index contributed by atoms with van der Waals surface area (Å²) in [5, 5.41) is 8.17. The van der Waals surface area contributed by atoms with Crippen molar-refractivity contribution in [2.24, 2.45) is 0 Å². The fraction of sp³-hybridized carbons (Fsp3) is 0.167. The van der Waals surface area contributed by atoms with E-state index in [1.807, 2.05) is 50.2 Å². The first-order valence-electron chi connectivity index (χ1n) is 7.93. The molecule has 0 aliphatic heterocycles. The van der Waals surface area contributed by atoms with Crippen molar-refractivity contribution in [2.45, 2.75) is 20.3 Å². The highest BCUT2D eigenvalue weighted by molar-refractivity contribution is 5.93. The van der Waals surface area contributed by atoms with Crippen LogP contribution in [0.4, 0.5) is 5.69 Å². The number of fused-ring (bicyclic) bond motifs is 2. The molecule has 0 saturated carbocycles. The molecule has 4 rings (SSSR count). The van der Waals surface area contributed by atoms with Crippen LogP contribution in [0.15, 0.2) is 42.6 Å². The first kappa shape index (κ1) is 15.2. The Kier molecular flexibility index (Phi) is 3.61. The van der Waals surface area contributed by atoms with Crippen molar-refractivity contribution in [3.05, 3.63) is 59.8 Å². The summed E-state index contributed by atoms with van der Waals surface area (Å²) >= 11 is 0. The average Bonchev–Trinajstić information content (AvgIpc) is 2.97. The Morgan fingerprint density at radius 2 is 2.00 bits per heavy atom. The van der Waals surface area contributed by atoms with Crippen LogP contribution in [-0.2, 0) is 11.2 Å². The Labute approximate surface area is 143 Å². The van der Waals surface area contributed by atoms with Crippen LogP contribution >= 0.6 is 0 Å². The molecule has 1 aromatic carbocycles. The summed E-state index contributed by atoms with van der Waals surface area (Å²) in [5.74, 6) is 0.752. The van der Waals surface area contributed by atoms with Gasteiger partial charge in [-0.05, 0) is 32.0 Å². The van der Waals surface area contributed by atoms with Crippen LogP contribution in [0.2, 0.25) is 0 Å².